The Balaban J connectivity index is 0.00000300. The van der Waals surface area contributed by atoms with Gasteiger partial charge in [0, 0.05) is 31.6 Å². The van der Waals surface area contributed by atoms with E-state index in [9.17, 15) is 12.8 Å². The van der Waals surface area contributed by atoms with Crippen LogP contribution < -0.4 is 10.6 Å². The summed E-state index contributed by atoms with van der Waals surface area (Å²) in [4.78, 5) is 4.73. The number of hydrogen-bond acceptors (Lipinski definition) is 3. The molecule has 1 aromatic carbocycles. The first kappa shape index (κ1) is 24.3. The summed E-state index contributed by atoms with van der Waals surface area (Å²) in [5.74, 6) is 1.02. The van der Waals surface area contributed by atoms with Gasteiger partial charge in [-0.25, -0.2) is 17.1 Å². The molecule has 1 saturated carbocycles. The average Bonchev–Trinajstić information content (AvgIpc) is 3.45. The monoisotopic (exact) mass is 538 g/mol. The zero-order valence-electron chi connectivity index (χ0n) is 17.2. The van der Waals surface area contributed by atoms with Crippen LogP contribution in [0.4, 0.5) is 4.39 Å². The summed E-state index contributed by atoms with van der Waals surface area (Å²) >= 11 is 0. The molecule has 2 fully saturated rings. The van der Waals surface area contributed by atoms with Crippen LogP contribution in [0.25, 0.3) is 0 Å². The summed E-state index contributed by atoms with van der Waals surface area (Å²) in [7, 11) is -3.09. The third-order valence-corrected chi connectivity index (χ3v) is 7.09. The van der Waals surface area contributed by atoms with Crippen molar-refractivity contribution in [1.29, 1.82) is 0 Å². The van der Waals surface area contributed by atoms with Gasteiger partial charge in [-0.15, -0.1) is 24.0 Å². The lowest BCUT2D eigenvalue weighted by atomic mass is 9.95. The molecule has 0 bridgehead atoms. The lowest BCUT2D eigenvalue weighted by Crippen LogP contribution is -2.44. The maximum Gasteiger partial charge on any atom is 0.211 e. The van der Waals surface area contributed by atoms with E-state index < -0.39 is 10.0 Å². The van der Waals surface area contributed by atoms with E-state index >= 15 is 0 Å². The Kier molecular flexibility index (Phi) is 8.72. The number of guanidine groups is 1. The number of sulfonamides is 1. The number of piperidine rings is 1. The van der Waals surface area contributed by atoms with Gasteiger partial charge in [0.25, 0.3) is 0 Å². The molecule has 164 valence electrons. The fraction of sp³-hybridized carbons (Fsp3) is 0.650. The van der Waals surface area contributed by atoms with Gasteiger partial charge in [-0.1, -0.05) is 18.2 Å². The first-order valence-corrected chi connectivity index (χ1v) is 11.9. The molecule has 6 nitrogen and oxygen atoms in total. The number of halogens is 2. The summed E-state index contributed by atoms with van der Waals surface area (Å²) in [6.07, 6.45) is 4.88. The number of nitrogens with zero attached hydrogens (tertiary/aromatic N) is 2. The van der Waals surface area contributed by atoms with Crippen LogP contribution in [0.1, 0.15) is 38.2 Å². The lowest BCUT2D eigenvalue weighted by molar-refractivity contribution is 0.275. The maximum atomic E-state index is 14.2. The number of nitrogens with one attached hydrogen (secondary N) is 2. The molecule has 1 saturated heterocycles. The summed E-state index contributed by atoms with van der Waals surface area (Å²) < 4.78 is 39.0. The molecule has 2 aliphatic rings. The smallest absolute Gasteiger partial charge is 0.211 e. The van der Waals surface area contributed by atoms with Crippen molar-refractivity contribution in [2.45, 2.75) is 38.0 Å². The van der Waals surface area contributed by atoms with Gasteiger partial charge in [0.2, 0.25) is 10.0 Å². The van der Waals surface area contributed by atoms with Crippen LogP contribution in [0.3, 0.4) is 0 Å². The van der Waals surface area contributed by atoms with Gasteiger partial charge in [0.1, 0.15) is 5.82 Å². The van der Waals surface area contributed by atoms with E-state index in [1.807, 2.05) is 19.1 Å². The molecule has 1 aromatic rings. The Bertz CT molecular complexity index is 806. The Hall–Kier alpha value is -0.940. The second-order valence-corrected chi connectivity index (χ2v) is 9.92. The molecule has 0 unspecified atom stereocenters. The minimum atomic E-state index is -3.09. The average molecular weight is 538 g/mol. The van der Waals surface area contributed by atoms with Crippen LogP contribution in [-0.4, -0.2) is 57.7 Å². The van der Waals surface area contributed by atoms with E-state index in [-0.39, 0.29) is 35.2 Å². The van der Waals surface area contributed by atoms with Gasteiger partial charge < -0.3 is 10.6 Å². The Morgan fingerprint density at radius 2 is 1.90 bits per heavy atom. The van der Waals surface area contributed by atoms with Crippen LogP contribution >= 0.6 is 24.0 Å². The van der Waals surface area contributed by atoms with E-state index in [4.69, 9.17) is 4.99 Å². The highest BCUT2D eigenvalue weighted by Crippen LogP contribution is 2.49. The number of hydrogen-bond donors (Lipinski definition) is 2. The van der Waals surface area contributed by atoms with Crippen molar-refractivity contribution in [3.63, 3.8) is 0 Å². The topological polar surface area (TPSA) is 73.8 Å². The van der Waals surface area contributed by atoms with Crippen LogP contribution in [0, 0.1) is 11.7 Å². The van der Waals surface area contributed by atoms with E-state index in [2.05, 4.69) is 10.6 Å². The highest BCUT2D eigenvalue weighted by Gasteiger charge is 2.45. The quantitative estimate of drug-likeness (QED) is 0.318. The molecule has 3 rings (SSSR count). The maximum absolute atomic E-state index is 14.2. The predicted molar refractivity (Wildman–Crippen MR) is 126 cm³/mol. The van der Waals surface area contributed by atoms with Gasteiger partial charge >= 0.3 is 0 Å². The first-order valence-electron chi connectivity index (χ1n) is 10.1. The minimum absolute atomic E-state index is 0. The molecule has 1 heterocycles. The van der Waals surface area contributed by atoms with Crippen molar-refractivity contribution in [2.24, 2.45) is 10.9 Å². The van der Waals surface area contributed by atoms with E-state index in [1.54, 1.807) is 10.4 Å². The predicted octanol–water partition coefficient (Wildman–Crippen LogP) is 2.70. The zero-order chi connectivity index (χ0) is 20.2. The van der Waals surface area contributed by atoms with Gasteiger partial charge in [-0.05, 0) is 50.2 Å². The van der Waals surface area contributed by atoms with Crippen LogP contribution in [0.15, 0.2) is 29.3 Å². The SMILES string of the molecule is CCNC(=NCC1(c2ccccc2F)CC1)NCC1CCN(S(C)(=O)=O)CC1.I. The molecule has 0 spiro atoms. The van der Waals surface area contributed by atoms with Crippen molar-refractivity contribution in [3.05, 3.63) is 35.6 Å². The molecular weight excluding hydrogens is 506 g/mol. The second kappa shape index (κ2) is 10.4. The van der Waals surface area contributed by atoms with Crippen molar-refractivity contribution in [1.82, 2.24) is 14.9 Å². The highest BCUT2D eigenvalue weighted by atomic mass is 127. The molecule has 0 radical (unpaired) electrons. The highest BCUT2D eigenvalue weighted by molar-refractivity contribution is 14.0. The first-order chi connectivity index (χ1) is 13.3. The number of benzene rings is 1. The Morgan fingerprint density at radius 1 is 1.24 bits per heavy atom. The van der Waals surface area contributed by atoms with E-state index in [0.29, 0.717) is 25.6 Å². The van der Waals surface area contributed by atoms with Crippen molar-refractivity contribution in [2.75, 3.05) is 39.0 Å². The summed E-state index contributed by atoms with van der Waals surface area (Å²) in [5, 5.41) is 6.65. The summed E-state index contributed by atoms with van der Waals surface area (Å²) in [6, 6.07) is 6.99. The molecule has 0 amide bonds. The number of aliphatic imine (C=N–C) groups is 1. The van der Waals surface area contributed by atoms with E-state index in [0.717, 1.165) is 50.3 Å². The molecule has 9 heteroatoms. The third-order valence-electron chi connectivity index (χ3n) is 5.78. The minimum Gasteiger partial charge on any atom is -0.357 e. The summed E-state index contributed by atoms with van der Waals surface area (Å²) in [5.41, 5.74) is 0.594. The molecule has 1 aliphatic carbocycles. The largest absolute Gasteiger partial charge is 0.357 e. The molecule has 0 atom stereocenters. The fourth-order valence-corrected chi connectivity index (χ4v) is 4.69. The molecule has 0 aromatic heterocycles. The van der Waals surface area contributed by atoms with Crippen molar-refractivity contribution >= 4 is 40.0 Å². The van der Waals surface area contributed by atoms with Crippen LogP contribution in [0.5, 0.6) is 0 Å². The van der Waals surface area contributed by atoms with Crippen LogP contribution in [-0.2, 0) is 15.4 Å². The van der Waals surface area contributed by atoms with Crippen LogP contribution in [0.2, 0.25) is 0 Å². The second-order valence-electron chi connectivity index (χ2n) is 7.94. The van der Waals surface area contributed by atoms with Crippen molar-refractivity contribution < 1.29 is 12.8 Å². The molecule has 1 aliphatic heterocycles. The number of rotatable bonds is 7. The van der Waals surface area contributed by atoms with Gasteiger partial charge in [-0.3, -0.25) is 4.99 Å². The standard InChI is InChI=1S/C20H31FN4O2S.HI/c1-3-22-19(23-14-16-8-12-25(13-9-16)28(2,26)27)24-15-20(10-11-20)17-6-4-5-7-18(17)21;/h4-7,16H,3,8-15H2,1-2H3,(H2,22,23,24);1H. The van der Waals surface area contributed by atoms with Crippen molar-refractivity contribution in [3.8, 4) is 0 Å². The van der Waals surface area contributed by atoms with E-state index in [1.165, 1.54) is 12.3 Å². The Morgan fingerprint density at radius 3 is 2.45 bits per heavy atom. The Labute approximate surface area is 190 Å². The zero-order valence-corrected chi connectivity index (χ0v) is 20.3. The van der Waals surface area contributed by atoms with Gasteiger partial charge in [0.15, 0.2) is 5.96 Å². The molecular formula is C20H32FIN4O2S. The normalized spacial score (nSPS) is 20.0. The molecule has 29 heavy (non-hydrogen) atoms. The molecule has 2 N–H and O–H groups in total. The third kappa shape index (κ3) is 6.52. The van der Waals surface area contributed by atoms with Gasteiger partial charge in [0.05, 0.1) is 12.8 Å². The fourth-order valence-electron chi connectivity index (χ4n) is 3.81. The summed E-state index contributed by atoms with van der Waals surface area (Å²) in [6.45, 7) is 5.26. The lowest BCUT2D eigenvalue weighted by Gasteiger charge is -2.30. The van der Waals surface area contributed by atoms with Gasteiger partial charge in [-0.2, -0.15) is 0 Å².